The van der Waals surface area contributed by atoms with Crippen molar-refractivity contribution in [2.24, 2.45) is 0 Å². The molecule has 0 atom stereocenters. The van der Waals surface area contributed by atoms with Crippen molar-refractivity contribution in [2.45, 2.75) is 18.0 Å². The minimum absolute atomic E-state index is 0.177. The molecular formula is C22H24ClN3O3S2. The van der Waals surface area contributed by atoms with Crippen LogP contribution < -0.4 is 5.32 Å². The summed E-state index contributed by atoms with van der Waals surface area (Å²) in [6, 6.07) is 19.4. The zero-order chi connectivity index (χ0) is 22.4. The van der Waals surface area contributed by atoms with Crippen LogP contribution >= 0.6 is 22.9 Å². The van der Waals surface area contributed by atoms with Crippen molar-refractivity contribution in [3.8, 4) is 0 Å². The lowest BCUT2D eigenvalue weighted by molar-refractivity contribution is -0.117. The zero-order valence-corrected chi connectivity index (χ0v) is 19.7. The van der Waals surface area contributed by atoms with E-state index in [2.05, 4.69) is 5.32 Å². The number of halogens is 1. The van der Waals surface area contributed by atoms with Crippen LogP contribution in [0.5, 0.6) is 0 Å². The second-order valence-electron chi connectivity index (χ2n) is 7.20. The molecule has 1 aromatic heterocycles. The highest BCUT2D eigenvalue weighted by Gasteiger charge is 2.21. The van der Waals surface area contributed by atoms with Crippen molar-refractivity contribution in [3.05, 3.63) is 81.5 Å². The average molecular weight is 478 g/mol. The van der Waals surface area contributed by atoms with Gasteiger partial charge in [0.2, 0.25) is 15.9 Å². The first-order chi connectivity index (χ1) is 14.7. The third-order valence-corrected chi connectivity index (χ3v) is 7.60. The topological polar surface area (TPSA) is 69.7 Å². The molecule has 1 heterocycles. The molecule has 3 rings (SSSR count). The van der Waals surface area contributed by atoms with Crippen molar-refractivity contribution in [2.75, 3.05) is 26.0 Å². The van der Waals surface area contributed by atoms with E-state index in [1.165, 1.54) is 27.8 Å². The molecule has 3 aromatic rings. The Hall–Kier alpha value is -2.23. The molecule has 1 N–H and O–H groups in total. The standard InChI is InChI=1S/C22H24ClN3O3S2/c1-25(15-19-10-13-21(23)30-19)16-22(27)24-18-8-11-20(12-9-18)31(28,29)26(2)14-17-6-4-3-5-7-17/h3-13H,14-16H2,1-2H3,(H,24,27). The monoisotopic (exact) mass is 477 g/mol. The summed E-state index contributed by atoms with van der Waals surface area (Å²) in [6.45, 7) is 1.11. The van der Waals surface area contributed by atoms with E-state index in [9.17, 15) is 13.2 Å². The Morgan fingerprint density at radius 1 is 0.968 bits per heavy atom. The minimum atomic E-state index is -3.63. The zero-order valence-electron chi connectivity index (χ0n) is 17.3. The summed E-state index contributed by atoms with van der Waals surface area (Å²) in [7, 11) is -0.228. The molecule has 2 aromatic carbocycles. The Labute approximate surface area is 192 Å². The smallest absolute Gasteiger partial charge is 0.243 e. The molecule has 0 radical (unpaired) electrons. The minimum Gasteiger partial charge on any atom is -0.325 e. The number of thiophene rings is 1. The Kier molecular flexibility index (Phi) is 7.85. The largest absolute Gasteiger partial charge is 0.325 e. The molecule has 0 aliphatic rings. The molecule has 0 aliphatic heterocycles. The third kappa shape index (κ3) is 6.62. The number of anilines is 1. The number of benzene rings is 2. The molecule has 0 bridgehead atoms. The Bertz CT molecular complexity index is 1120. The first-order valence-corrected chi connectivity index (χ1v) is 12.2. The van der Waals surface area contributed by atoms with Crippen LogP contribution in [0, 0.1) is 0 Å². The maximum atomic E-state index is 12.8. The van der Waals surface area contributed by atoms with Gasteiger partial charge in [-0.25, -0.2) is 8.42 Å². The number of hydrogen-bond donors (Lipinski definition) is 1. The first-order valence-electron chi connectivity index (χ1n) is 9.57. The van der Waals surface area contributed by atoms with Crippen molar-refractivity contribution in [1.82, 2.24) is 9.21 Å². The van der Waals surface area contributed by atoms with Crippen molar-refractivity contribution >= 4 is 44.6 Å². The number of amides is 1. The van der Waals surface area contributed by atoms with E-state index in [1.807, 2.05) is 54.4 Å². The number of nitrogens with one attached hydrogen (secondary N) is 1. The van der Waals surface area contributed by atoms with E-state index in [4.69, 9.17) is 11.6 Å². The molecule has 0 unspecified atom stereocenters. The lowest BCUT2D eigenvalue weighted by atomic mass is 10.2. The van der Waals surface area contributed by atoms with Gasteiger partial charge in [0.15, 0.2) is 0 Å². The quantitative estimate of drug-likeness (QED) is 0.499. The number of carbonyl (C=O) groups excluding carboxylic acids is 1. The average Bonchev–Trinajstić information content (AvgIpc) is 3.13. The maximum Gasteiger partial charge on any atom is 0.243 e. The van der Waals surface area contributed by atoms with Crippen LogP contribution in [-0.2, 0) is 27.9 Å². The fourth-order valence-corrected chi connectivity index (χ4v) is 5.35. The number of nitrogens with zero attached hydrogens (tertiary/aromatic N) is 2. The molecule has 164 valence electrons. The number of hydrogen-bond acceptors (Lipinski definition) is 5. The predicted molar refractivity (Wildman–Crippen MR) is 126 cm³/mol. The highest BCUT2D eigenvalue weighted by molar-refractivity contribution is 7.89. The predicted octanol–water partition coefficient (Wildman–Crippen LogP) is 4.29. The van der Waals surface area contributed by atoms with Gasteiger partial charge in [0.05, 0.1) is 15.8 Å². The van der Waals surface area contributed by atoms with Crippen LogP contribution in [0.1, 0.15) is 10.4 Å². The van der Waals surface area contributed by atoms with Crippen LogP contribution in [-0.4, -0.2) is 44.2 Å². The van der Waals surface area contributed by atoms with E-state index in [1.54, 1.807) is 19.2 Å². The van der Waals surface area contributed by atoms with E-state index < -0.39 is 10.0 Å². The van der Waals surface area contributed by atoms with Gasteiger partial charge in [-0.3, -0.25) is 9.69 Å². The van der Waals surface area contributed by atoms with Gasteiger partial charge in [-0.15, -0.1) is 11.3 Å². The van der Waals surface area contributed by atoms with Gasteiger partial charge in [-0.05, 0) is 49.0 Å². The Morgan fingerprint density at radius 2 is 1.65 bits per heavy atom. The SMILES string of the molecule is CN(CC(=O)Nc1ccc(S(=O)(=O)N(C)Cc2ccccc2)cc1)Cc1ccc(Cl)s1. The van der Waals surface area contributed by atoms with E-state index in [-0.39, 0.29) is 23.9 Å². The summed E-state index contributed by atoms with van der Waals surface area (Å²) in [4.78, 5) is 15.4. The number of sulfonamides is 1. The van der Waals surface area contributed by atoms with E-state index in [0.717, 1.165) is 14.8 Å². The molecule has 6 nitrogen and oxygen atoms in total. The summed E-state index contributed by atoms with van der Waals surface area (Å²) < 4.78 is 27.7. The fourth-order valence-electron chi connectivity index (χ4n) is 3.02. The molecule has 1 amide bonds. The Balaban J connectivity index is 1.56. The lowest BCUT2D eigenvalue weighted by Gasteiger charge is -2.18. The molecule has 0 spiro atoms. The van der Waals surface area contributed by atoms with Gasteiger partial charge in [0, 0.05) is 30.7 Å². The fraction of sp³-hybridized carbons (Fsp3) is 0.227. The molecule has 9 heteroatoms. The summed E-state index contributed by atoms with van der Waals surface area (Å²) >= 11 is 7.42. The molecule has 0 saturated heterocycles. The van der Waals surface area contributed by atoms with Gasteiger partial charge in [0.25, 0.3) is 0 Å². The van der Waals surface area contributed by atoms with Gasteiger partial charge in [-0.2, -0.15) is 4.31 Å². The highest BCUT2D eigenvalue weighted by atomic mass is 35.5. The molecule has 0 fully saturated rings. The van der Waals surface area contributed by atoms with Crippen LogP contribution in [0.3, 0.4) is 0 Å². The Morgan fingerprint density at radius 3 is 2.26 bits per heavy atom. The number of likely N-dealkylation sites (N-methyl/N-ethyl adjacent to an activating group) is 1. The first kappa shape index (κ1) is 23.4. The lowest BCUT2D eigenvalue weighted by Crippen LogP contribution is -2.29. The summed E-state index contributed by atoms with van der Waals surface area (Å²) in [5.41, 5.74) is 1.45. The summed E-state index contributed by atoms with van der Waals surface area (Å²) in [6.07, 6.45) is 0. The normalized spacial score (nSPS) is 11.8. The van der Waals surface area contributed by atoms with Gasteiger partial charge < -0.3 is 5.32 Å². The van der Waals surface area contributed by atoms with Crippen molar-refractivity contribution < 1.29 is 13.2 Å². The second-order valence-corrected chi connectivity index (χ2v) is 11.0. The molecule has 31 heavy (non-hydrogen) atoms. The van der Waals surface area contributed by atoms with Gasteiger partial charge >= 0.3 is 0 Å². The second kappa shape index (κ2) is 10.4. The van der Waals surface area contributed by atoms with Crippen molar-refractivity contribution in [1.29, 1.82) is 0 Å². The summed E-state index contributed by atoms with van der Waals surface area (Å²) in [5.74, 6) is -0.179. The number of rotatable bonds is 9. The van der Waals surface area contributed by atoms with Crippen LogP contribution in [0.4, 0.5) is 5.69 Å². The van der Waals surface area contributed by atoms with Gasteiger partial charge in [-0.1, -0.05) is 41.9 Å². The van der Waals surface area contributed by atoms with E-state index in [0.29, 0.717) is 12.2 Å². The number of carbonyl (C=O) groups is 1. The van der Waals surface area contributed by atoms with Crippen molar-refractivity contribution in [3.63, 3.8) is 0 Å². The molecule has 0 aliphatic carbocycles. The van der Waals surface area contributed by atoms with Gasteiger partial charge in [0.1, 0.15) is 0 Å². The summed E-state index contributed by atoms with van der Waals surface area (Å²) in [5, 5.41) is 2.80. The van der Waals surface area contributed by atoms with Crippen LogP contribution in [0.2, 0.25) is 4.34 Å². The third-order valence-electron chi connectivity index (χ3n) is 4.56. The maximum absolute atomic E-state index is 12.8. The molecule has 0 saturated carbocycles. The highest BCUT2D eigenvalue weighted by Crippen LogP contribution is 2.22. The van der Waals surface area contributed by atoms with Crippen LogP contribution in [0.25, 0.3) is 0 Å². The van der Waals surface area contributed by atoms with Crippen LogP contribution in [0.15, 0.2) is 71.6 Å². The molecular weight excluding hydrogens is 454 g/mol. The van der Waals surface area contributed by atoms with E-state index >= 15 is 0 Å².